The van der Waals surface area contributed by atoms with Crippen molar-refractivity contribution >= 4 is 34.8 Å². The van der Waals surface area contributed by atoms with Crippen LogP contribution in [0.1, 0.15) is 15.4 Å². The molecule has 25 heavy (non-hydrogen) atoms. The zero-order valence-electron chi connectivity index (χ0n) is 13.5. The predicted molar refractivity (Wildman–Crippen MR) is 100 cm³/mol. The fourth-order valence-electron chi connectivity index (χ4n) is 2.17. The minimum atomic E-state index is -0.140. The molecule has 0 saturated heterocycles. The van der Waals surface area contributed by atoms with Gasteiger partial charge in [0.05, 0.1) is 5.69 Å². The second-order valence-electron chi connectivity index (χ2n) is 5.20. The number of aryl methyl sites for hydroxylation is 1. The average Bonchev–Trinajstić information content (AvgIpc) is 3.01. The normalized spacial score (nSPS) is 10.5. The van der Waals surface area contributed by atoms with E-state index < -0.39 is 0 Å². The molecule has 3 aromatic rings. The minimum Gasteiger partial charge on any atom is -0.352 e. The predicted octanol–water partition coefficient (Wildman–Crippen LogP) is 3.40. The lowest BCUT2D eigenvalue weighted by molar-refractivity contribution is 0.0958. The van der Waals surface area contributed by atoms with Crippen LogP contribution in [-0.2, 0) is 0 Å². The number of rotatable bonds is 6. The monoisotopic (exact) mass is 373 g/mol. The third-order valence-corrected chi connectivity index (χ3v) is 4.77. The van der Waals surface area contributed by atoms with Crippen molar-refractivity contribution in [3.8, 4) is 10.6 Å². The molecule has 0 unspecified atom stereocenters. The molecule has 6 nitrogen and oxygen atoms in total. The first-order valence-corrected chi connectivity index (χ1v) is 8.85. The Labute approximate surface area is 154 Å². The molecule has 0 atom stereocenters. The van der Waals surface area contributed by atoms with Crippen LogP contribution >= 0.6 is 22.9 Å². The van der Waals surface area contributed by atoms with Gasteiger partial charge in [0.15, 0.2) is 0 Å². The summed E-state index contributed by atoms with van der Waals surface area (Å²) in [5, 5.41) is 7.34. The number of hydrogen-bond donors (Lipinski definition) is 2. The standard InChI is InChI=1S/C17H16ClN5OS/c1-11-14(25-16(23-11)12-4-2-5-13(18)10-12)15(24)19-8-9-22-17-20-6-3-7-21-17/h2-7,10H,8-9H2,1H3,(H,19,24)(H,20,21,22). The van der Waals surface area contributed by atoms with Crippen LogP contribution in [0.2, 0.25) is 5.02 Å². The Hall–Kier alpha value is -2.51. The molecule has 2 heterocycles. The molecule has 0 spiro atoms. The first-order chi connectivity index (χ1) is 12.1. The summed E-state index contributed by atoms with van der Waals surface area (Å²) in [5.41, 5.74) is 1.61. The molecule has 0 radical (unpaired) electrons. The van der Waals surface area contributed by atoms with Crippen LogP contribution in [0.25, 0.3) is 10.6 Å². The first kappa shape index (κ1) is 17.3. The van der Waals surface area contributed by atoms with Crippen molar-refractivity contribution in [1.82, 2.24) is 20.3 Å². The topological polar surface area (TPSA) is 79.8 Å². The lowest BCUT2D eigenvalue weighted by Crippen LogP contribution is -2.28. The lowest BCUT2D eigenvalue weighted by atomic mass is 10.2. The van der Waals surface area contributed by atoms with Crippen LogP contribution in [0.4, 0.5) is 5.95 Å². The number of carbonyl (C=O) groups is 1. The van der Waals surface area contributed by atoms with Crippen molar-refractivity contribution in [1.29, 1.82) is 0 Å². The molecule has 0 fully saturated rings. The van der Waals surface area contributed by atoms with E-state index in [1.165, 1.54) is 11.3 Å². The highest BCUT2D eigenvalue weighted by Gasteiger charge is 2.16. The number of halogens is 1. The van der Waals surface area contributed by atoms with Gasteiger partial charge >= 0.3 is 0 Å². The molecule has 0 aliphatic rings. The number of amides is 1. The van der Waals surface area contributed by atoms with Crippen LogP contribution in [0, 0.1) is 6.92 Å². The molecule has 1 aromatic carbocycles. The van der Waals surface area contributed by atoms with E-state index in [0.717, 1.165) is 10.6 Å². The molecule has 2 aromatic heterocycles. The van der Waals surface area contributed by atoms with Gasteiger partial charge < -0.3 is 10.6 Å². The van der Waals surface area contributed by atoms with Crippen molar-refractivity contribution in [3.05, 3.63) is 58.3 Å². The van der Waals surface area contributed by atoms with Gasteiger partial charge in [0.2, 0.25) is 5.95 Å². The van der Waals surface area contributed by atoms with Crippen molar-refractivity contribution in [3.63, 3.8) is 0 Å². The number of thiazole rings is 1. The summed E-state index contributed by atoms with van der Waals surface area (Å²) in [6, 6.07) is 9.19. The number of benzene rings is 1. The molecule has 0 aliphatic heterocycles. The zero-order chi connectivity index (χ0) is 17.6. The maximum Gasteiger partial charge on any atom is 0.263 e. The van der Waals surface area contributed by atoms with Gasteiger partial charge in [-0.25, -0.2) is 15.0 Å². The smallest absolute Gasteiger partial charge is 0.263 e. The quantitative estimate of drug-likeness (QED) is 0.647. The van der Waals surface area contributed by atoms with Crippen molar-refractivity contribution in [2.45, 2.75) is 6.92 Å². The van der Waals surface area contributed by atoms with Gasteiger partial charge in [-0.05, 0) is 25.1 Å². The third kappa shape index (κ3) is 4.52. The molecule has 8 heteroatoms. The van der Waals surface area contributed by atoms with E-state index in [9.17, 15) is 4.79 Å². The summed E-state index contributed by atoms with van der Waals surface area (Å²) in [4.78, 5) is 25.6. The van der Waals surface area contributed by atoms with Crippen LogP contribution < -0.4 is 10.6 Å². The Morgan fingerprint density at radius 1 is 1.20 bits per heavy atom. The van der Waals surface area contributed by atoms with Crippen LogP contribution in [0.3, 0.4) is 0 Å². The molecular weight excluding hydrogens is 358 g/mol. The van der Waals surface area contributed by atoms with E-state index in [0.29, 0.717) is 34.6 Å². The van der Waals surface area contributed by atoms with Gasteiger partial charge in [0.25, 0.3) is 5.91 Å². The van der Waals surface area contributed by atoms with E-state index >= 15 is 0 Å². The van der Waals surface area contributed by atoms with Crippen molar-refractivity contribution < 1.29 is 4.79 Å². The van der Waals surface area contributed by atoms with Gasteiger partial charge in [-0.3, -0.25) is 4.79 Å². The van der Waals surface area contributed by atoms with Gasteiger partial charge in [-0.2, -0.15) is 0 Å². The second-order valence-corrected chi connectivity index (χ2v) is 6.63. The van der Waals surface area contributed by atoms with E-state index in [4.69, 9.17) is 11.6 Å². The van der Waals surface area contributed by atoms with E-state index in [2.05, 4.69) is 25.6 Å². The lowest BCUT2D eigenvalue weighted by Gasteiger charge is -2.05. The number of hydrogen-bond acceptors (Lipinski definition) is 6. The van der Waals surface area contributed by atoms with E-state index in [-0.39, 0.29) is 5.91 Å². The second kappa shape index (κ2) is 8.04. The molecule has 3 rings (SSSR count). The highest BCUT2D eigenvalue weighted by Crippen LogP contribution is 2.29. The highest BCUT2D eigenvalue weighted by atomic mass is 35.5. The summed E-state index contributed by atoms with van der Waals surface area (Å²) in [6.45, 7) is 2.82. The Bertz CT molecular complexity index is 868. The number of nitrogens with zero attached hydrogens (tertiary/aromatic N) is 3. The summed E-state index contributed by atoms with van der Waals surface area (Å²) in [6.07, 6.45) is 3.32. The zero-order valence-corrected chi connectivity index (χ0v) is 15.1. The number of anilines is 1. The van der Waals surface area contributed by atoms with Crippen LogP contribution in [0.5, 0.6) is 0 Å². The fourth-order valence-corrected chi connectivity index (χ4v) is 3.34. The fraction of sp³-hybridized carbons (Fsp3) is 0.176. The average molecular weight is 374 g/mol. The minimum absolute atomic E-state index is 0.140. The number of nitrogens with one attached hydrogen (secondary N) is 2. The molecule has 2 N–H and O–H groups in total. The Morgan fingerprint density at radius 2 is 2.00 bits per heavy atom. The summed E-state index contributed by atoms with van der Waals surface area (Å²) in [7, 11) is 0. The largest absolute Gasteiger partial charge is 0.352 e. The van der Waals surface area contributed by atoms with Crippen molar-refractivity contribution in [2.75, 3.05) is 18.4 Å². The Kier molecular flexibility index (Phi) is 5.57. The summed E-state index contributed by atoms with van der Waals surface area (Å²) < 4.78 is 0. The maximum absolute atomic E-state index is 12.4. The number of aromatic nitrogens is 3. The van der Waals surface area contributed by atoms with E-state index in [1.807, 2.05) is 31.2 Å². The third-order valence-electron chi connectivity index (χ3n) is 3.33. The molecule has 0 saturated carbocycles. The SMILES string of the molecule is Cc1nc(-c2cccc(Cl)c2)sc1C(=O)NCCNc1ncccn1. The molecular formula is C17H16ClN5OS. The summed E-state index contributed by atoms with van der Waals surface area (Å²) >= 11 is 7.38. The highest BCUT2D eigenvalue weighted by molar-refractivity contribution is 7.17. The van der Waals surface area contributed by atoms with Gasteiger partial charge in [-0.15, -0.1) is 11.3 Å². The maximum atomic E-state index is 12.4. The van der Waals surface area contributed by atoms with Gasteiger partial charge in [0.1, 0.15) is 9.88 Å². The molecule has 1 amide bonds. The Morgan fingerprint density at radius 3 is 2.76 bits per heavy atom. The van der Waals surface area contributed by atoms with Gasteiger partial charge in [0, 0.05) is 36.1 Å². The Balaban J connectivity index is 1.59. The number of carbonyl (C=O) groups excluding carboxylic acids is 1. The molecule has 0 bridgehead atoms. The van der Waals surface area contributed by atoms with Crippen molar-refractivity contribution in [2.24, 2.45) is 0 Å². The van der Waals surface area contributed by atoms with Gasteiger partial charge in [-0.1, -0.05) is 23.7 Å². The van der Waals surface area contributed by atoms with Crippen LogP contribution in [-0.4, -0.2) is 33.9 Å². The molecule has 128 valence electrons. The van der Waals surface area contributed by atoms with E-state index in [1.54, 1.807) is 18.5 Å². The first-order valence-electron chi connectivity index (χ1n) is 7.66. The summed E-state index contributed by atoms with van der Waals surface area (Å²) in [5.74, 6) is 0.396. The molecule has 0 aliphatic carbocycles. The van der Waals surface area contributed by atoms with Crippen LogP contribution in [0.15, 0.2) is 42.7 Å².